The zero-order chi connectivity index (χ0) is 13.4. The van der Waals surface area contributed by atoms with Crippen LogP contribution in [0.5, 0.6) is 0 Å². The van der Waals surface area contributed by atoms with E-state index in [9.17, 15) is 5.11 Å². The molecule has 0 amide bonds. The number of hydrogen-bond donors (Lipinski definition) is 2. The first-order chi connectivity index (χ1) is 9.35. The highest BCUT2D eigenvalue weighted by Gasteiger charge is 2.30. The maximum absolute atomic E-state index is 9.63. The van der Waals surface area contributed by atoms with Crippen molar-refractivity contribution in [3.63, 3.8) is 0 Å². The smallest absolute Gasteiger partial charge is 0.0499 e. The zero-order valence-corrected chi connectivity index (χ0v) is 12.4. The van der Waals surface area contributed by atoms with Crippen LogP contribution in [0.2, 0.25) is 0 Å². The molecule has 0 saturated heterocycles. The summed E-state index contributed by atoms with van der Waals surface area (Å²) in [6, 6.07) is 10.5. The van der Waals surface area contributed by atoms with E-state index in [0.29, 0.717) is 6.61 Å². The fourth-order valence-corrected chi connectivity index (χ4v) is 3.64. The zero-order valence-electron chi connectivity index (χ0n) is 11.6. The molecule has 1 aliphatic rings. The van der Waals surface area contributed by atoms with Gasteiger partial charge >= 0.3 is 0 Å². The summed E-state index contributed by atoms with van der Waals surface area (Å²) in [5.41, 5.74) is 0.162. The van der Waals surface area contributed by atoms with Gasteiger partial charge in [0, 0.05) is 35.8 Å². The molecule has 1 saturated carbocycles. The Bertz CT molecular complexity index is 349. The van der Waals surface area contributed by atoms with Crippen LogP contribution < -0.4 is 5.32 Å². The maximum Gasteiger partial charge on any atom is 0.0499 e. The van der Waals surface area contributed by atoms with E-state index in [-0.39, 0.29) is 5.41 Å². The molecule has 3 heteroatoms. The second-order valence-corrected chi connectivity index (χ2v) is 6.73. The van der Waals surface area contributed by atoms with E-state index in [1.807, 2.05) is 11.8 Å². The van der Waals surface area contributed by atoms with Gasteiger partial charge in [-0.2, -0.15) is 0 Å². The molecule has 2 rings (SSSR count). The van der Waals surface area contributed by atoms with Crippen LogP contribution in [0.1, 0.15) is 32.1 Å². The van der Waals surface area contributed by atoms with Gasteiger partial charge in [0.2, 0.25) is 0 Å². The van der Waals surface area contributed by atoms with Gasteiger partial charge in [0.15, 0.2) is 0 Å². The fraction of sp³-hybridized carbons (Fsp3) is 0.625. The van der Waals surface area contributed by atoms with Crippen molar-refractivity contribution >= 4 is 11.8 Å². The monoisotopic (exact) mass is 279 g/mol. The molecule has 1 aromatic rings. The van der Waals surface area contributed by atoms with Crippen LogP contribution in [-0.2, 0) is 0 Å². The number of aliphatic hydroxyl groups excluding tert-OH is 1. The molecule has 0 heterocycles. The van der Waals surface area contributed by atoms with Gasteiger partial charge in [-0.3, -0.25) is 0 Å². The van der Waals surface area contributed by atoms with Crippen molar-refractivity contribution in [2.45, 2.75) is 37.0 Å². The summed E-state index contributed by atoms with van der Waals surface area (Å²) in [7, 11) is 0. The minimum Gasteiger partial charge on any atom is -0.396 e. The molecular weight excluding hydrogens is 254 g/mol. The minimum atomic E-state index is 0.162. The van der Waals surface area contributed by atoms with E-state index < -0.39 is 0 Å². The van der Waals surface area contributed by atoms with Crippen LogP contribution in [0, 0.1) is 5.41 Å². The van der Waals surface area contributed by atoms with Crippen LogP contribution >= 0.6 is 11.8 Å². The second kappa shape index (κ2) is 7.93. The van der Waals surface area contributed by atoms with Gasteiger partial charge in [-0.1, -0.05) is 37.5 Å². The first kappa shape index (κ1) is 14.9. The van der Waals surface area contributed by atoms with Gasteiger partial charge in [-0.25, -0.2) is 0 Å². The van der Waals surface area contributed by atoms with Gasteiger partial charge in [0.25, 0.3) is 0 Å². The van der Waals surface area contributed by atoms with E-state index in [1.54, 1.807) is 0 Å². The maximum atomic E-state index is 9.63. The summed E-state index contributed by atoms with van der Waals surface area (Å²) in [4.78, 5) is 1.33. The average molecular weight is 279 g/mol. The minimum absolute atomic E-state index is 0.162. The summed E-state index contributed by atoms with van der Waals surface area (Å²) in [6.45, 7) is 2.33. The first-order valence-corrected chi connectivity index (χ1v) is 8.33. The molecule has 19 heavy (non-hydrogen) atoms. The molecule has 0 aliphatic heterocycles. The Hall–Kier alpha value is -0.510. The van der Waals surface area contributed by atoms with Crippen molar-refractivity contribution in [3.05, 3.63) is 30.3 Å². The summed E-state index contributed by atoms with van der Waals surface area (Å²) < 4.78 is 0. The molecule has 2 N–H and O–H groups in total. The lowest BCUT2D eigenvalue weighted by molar-refractivity contribution is 0.0820. The van der Waals surface area contributed by atoms with Crippen molar-refractivity contribution in [3.8, 4) is 0 Å². The van der Waals surface area contributed by atoms with Gasteiger partial charge in [-0.05, 0) is 25.0 Å². The van der Waals surface area contributed by atoms with Crippen molar-refractivity contribution in [2.75, 3.05) is 25.4 Å². The second-order valence-electron chi connectivity index (χ2n) is 5.56. The predicted molar refractivity (Wildman–Crippen MR) is 82.6 cm³/mol. The Morgan fingerprint density at radius 1 is 1.11 bits per heavy atom. The van der Waals surface area contributed by atoms with Crippen molar-refractivity contribution in [1.29, 1.82) is 0 Å². The Balaban J connectivity index is 1.63. The molecule has 0 radical (unpaired) electrons. The van der Waals surface area contributed by atoms with Crippen LogP contribution in [0.3, 0.4) is 0 Å². The van der Waals surface area contributed by atoms with Gasteiger partial charge in [0.05, 0.1) is 0 Å². The van der Waals surface area contributed by atoms with Gasteiger partial charge < -0.3 is 10.4 Å². The third kappa shape index (κ3) is 4.83. The number of benzene rings is 1. The van der Waals surface area contributed by atoms with Crippen LogP contribution in [-0.4, -0.2) is 30.6 Å². The number of aliphatic hydroxyl groups is 1. The molecule has 1 aliphatic carbocycles. The van der Waals surface area contributed by atoms with E-state index in [2.05, 4.69) is 35.6 Å². The summed E-state index contributed by atoms with van der Waals surface area (Å²) >= 11 is 1.89. The van der Waals surface area contributed by atoms with Crippen LogP contribution in [0.4, 0.5) is 0 Å². The number of thioether (sulfide) groups is 1. The fourth-order valence-electron chi connectivity index (χ4n) is 2.80. The highest BCUT2D eigenvalue weighted by Crippen LogP contribution is 2.35. The highest BCUT2D eigenvalue weighted by atomic mass is 32.2. The lowest BCUT2D eigenvalue weighted by Gasteiger charge is -2.35. The molecule has 0 spiro atoms. The molecule has 2 nitrogen and oxygen atoms in total. The normalized spacial score (nSPS) is 18.4. The van der Waals surface area contributed by atoms with Gasteiger partial charge in [0.1, 0.15) is 0 Å². The highest BCUT2D eigenvalue weighted by molar-refractivity contribution is 7.99. The standard InChI is InChI=1S/C16H25NOS/c18-14-16(9-5-2-6-10-16)13-17-11-12-19-15-7-3-1-4-8-15/h1,3-4,7-8,17-18H,2,5-6,9-14H2. The number of rotatable bonds is 7. The molecule has 1 fully saturated rings. The lowest BCUT2D eigenvalue weighted by atomic mass is 9.74. The van der Waals surface area contributed by atoms with E-state index in [1.165, 1.54) is 37.0 Å². The first-order valence-electron chi connectivity index (χ1n) is 7.34. The number of nitrogens with one attached hydrogen (secondary N) is 1. The van der Waals surface area contributed by atoms with Crippen LogP contribution in [0.25, 0.3) is 0 Å². The SMILES string of the molecule is OCC1(CNCCSc2ccccc2)CCCCC1. The Morgan fingerprint density at radius 2 is 1.84 bits per heavy atom. The van der Waals surface area contributed by atoms with Crippen LogP contribution in [0.15, 0.2) is 35.2 Å². The van der Waals surface area contributed by atoms with Crippen molar-refractivity contribution < 1.29 is 5.11 Å². The molecule has 1 aromatic carbocycles. The Labute approximate surface area is 121 Å². The van der Waals surface area contributed by atoms with E-state index in [4.69, 9.17) is 0 Å². The number of hydrogen-bond acceptors (Lipinski definition) is 3. The Kier molecular flexibility index (Phi) is 6.21. The largest absolute Gasteiger partial charge is 0.396 e. The molecule has 0 aromatic heterocycles. The van der Waals surface area contributed by atoms with Gasteiger partial charge in [-0.15, -0.1) is 11.8 Å². The molecule has 0 bridgehead atoms. The summed E-state index contributed by atoms with van der Waals surface area (Å²) in [5, 5.41) is 13.2. The predicted octanol–water partition coefficient (Wildman–Crippen LogP) is 3.31. The van der Waals surface area contributed by atoms with Crippen molar-refractivity contribution in [1.82, 2.24) is 5.32 Å². The third-order valence-corrected chi connectivity index (χ3v) is 5.05. The molecule has 0 unspecified atom stereocenters. The topological polar surface area (TPSA) is 32.3 Å². The lowest BCUT2D eigenvalue weighted by Crippen LogP contribution is -2.39. The average Bonchev–Trinajstić information content (AvgIpc) is 2.49. The quantitative estimate of drug-likeness (QED) is 0.593. The molecule has 106 valence electrons. The molecular formula is C16H25NOS. The summed E-state index contributed by atoms with van der Waals surface area (Å²) in [6.07, 6.45) is 6.26. The molecule has 0 atom stereocenters. The van der Waals surface area contributed by atoms with Crippen molar-refractivity contribution in [2.24, 2.45) is 5.41 Å². The Morgan fingerprint density at radius 3 is 2.53 bits per heavy atom. The third-order valence-electron chi connectivity index (χ3n) is 4.04. The van der Waals surface area contributed by atoms with E-state index in [0.717, 1.165) is 18.8 Å². The van der Waals surface area contributed by atoms with E-state index >= 15 is 0 Å². The summed E-state index contributed by atoms with van der Waals surface area (Å²) in [5.74, 6) is 1.09.